The van der Waals surface area contributed by atoms with Crippen molar-refractivity contribution in [3.05, 3.63) is 35.4 Å². The van der Waals surface area contributed by atoms with Gasteiger partial charge in [0.15, 0.2) is 11.6 Å². The van der Waals surface area contributed by atoms with E-state index in [4.69, 9.17) is 0 Å². The summed E-state index contributed by atoms with van der Waals surface area (Å²) in [5.41, 5.74) is 0.245. The van der Waals surface area contributed by atoms with E-state index in [2.05, 4.69) is 5.32 Å². The van der Waals surface area contributed by atoms with E-state index in [0.29, 0.717) is 12.5 Å². The Hall–Kier alpha value is -1.49. The molecule has 2 aliphatic heterocycles. The SMILES string of the molecule is O=C(c1ccc(F)c(F)c1)N1CCCC1C1CCNCC1. The summed E-state index contributed by atoms with van der Waals surface area (Å²) < 4.78 is 26.3. The van der Waals surface area contributed by atoms with Gasteiger partial charge in [-0.2, -0.15) is 0 Å². The van der Waals surface area contributed by atoms with Gasteiger partial charge in [-0.1, -0.05) is 0 Å². The number of nitrogens with zero attached hydrogens (tertiary/aromatic N) is 1. The molecule has 2 aliphatic rings. The lowest BCUT2D eigenvalue weighted by atomic mass is 9.88. The van der Waals surface area contributed by atoms with Crippen LogP contribution in [0.3, 0.4) is 0 Å². The molecule has 21 heavy (non-hydrogen) atoms. The van der Waals surface area contributed by atoms with Gasteiger partial charge in [-0.25, -0.2) is 8.78 Å². The summed E-state index contributed by atoms with van der Waals surface area (Å²) in [5, 5.41) is 3.33. The molecule has 1 N–H and O–H groups in total. The highest BCUT2D eigenvalue weighted by atomic mass is 19.2. The molecule has 2 saturated heterocycles. The van der Waals surface area contributed by atoms with Gasteiger partial charge in [-0.15, -0.1) is 0 Å². The molecule has 0 aromatic heterocycles. The molecule has 114 valence electrons. The second-order valence-electron chi connectivity index (χ2n) is 5.92. The van der Waals surface area contributed by atoms with Crippen molar-refractivity contribution in [2.24, 2.45) is 5.92 Å². The summed E-state index contributed by atoms with van der Waals surface area (Å²) in [6, 6.07) is 3.65. The number of piperidine rings is 1. The van der Waals surface area contributed by atoms with Crippen molar-refractivity contribution in [3.8, 4) is 0 Å². The van der Waals surface area contributed by atoms with Crippen LogP contribution in [0.4, 0.5) is 8.78 Å². The molecular formula is C16H20F2N2O. The van der Waals surface area contributed by atoms with E-state index in [0.717, 1.165) is 50.9 Å². The molecule has 0 bridgehead atoms. The van der Waals surface area contributed by atoms with Crippen LogP contribution in [-0.2, 0) is 0 Å². The summed E-state index contributed by atoms with van der Waals surface area (Å²) in [4.78, 5) is 14.4. The summed E-state index contributed by atoms with van der Waals surface area (Å²) in [5.74, 6) is -1.53. The number of nitrogens with one attached hydrogen (secondary N) is 1. The predicted molar refractivity (Wildman–Crippen MR) is 76.0 cm³/mol. The number of hydrogen-bond donors (Lipinski definition) is 1. The number of benzene rings is 1. The van der Waals surface area contributed by atoms with Gasteiger partial charge in [0.25, 0.3) is 5.91 Å². The number of hydrogen-bond acceptors (Lipinski definition) is 2. The summed E-state index contributed by atoms with van der Waals surface area (Å²) in [6.45, 7) is 2.70. The van der Waals surface area contributed by atoms with Crippen molar-refractivity contribution in [2.75, 3.05) is 19.6 Å². The lowest BCUT2D eigenvalue weighted by Crippen LogP contribution is -2.43. The Kier molecular flexibility index (Phi) is 4.19. The van der Waals surface area contributed by atoms with Crippen molar-refractivity contribution in [3.63, 3.8) is 0 Å². The Bertz CT molecular complexity index is 529. The first kappa shape index (κ1) is 14.4. The lowest BCUT2D eigenvalue weighted by molar-refractivity contribution is 0.0666. The van der Waals surface area contributed by atoms with Crippen LogP contribution in [0.15, 0.2) is 18.2 Å². The van der Waals surface area contributed by atoms with E-state index in [1.165, 1.54) is 6.07 Å². The van der Waals surface area contributed by atoms with E-state index >= 15 is 0 Å². The third kappa shape index (κ3) is 2.93. The fourth-order valence-electron chi connectivity index (χ4n) is 3.56. The largest absolute Gasteiger partial charge is 0.335 e. The molecule has 1 amide bonds. The topological polar surface area (TPSA) is 32.3 Å². The second kappa shape index (κ2) is 6.10. The predicted octanol–water partition coefficient (Wildman–Crippen LogP) is 2.57. The van der Waals surface area contributed by atoms with Crippen LogP contribution in [0.1, 0.15) is 36.0 Å². The minimum atomic E-state index is -0.960. The molecule has 1 aromatic rings. The van der Waals surface area contributed by atoms with Crippen LogP contribution in [-0.4, -0.2) is 36.5 Å². The first-order valence-corrected chi connectivity index (χ1v) is 7.63. The molecule has 0 radical (unpaired) electrons. The van der Waals surface area contributed by atoms with Crippen LogP contribution in [0.2, 0.25) is 0 Å². The highest BCUT2D eigenvalue weighted by molar-refractivity contribution is 5.94. The van der Waals surface area contributed by atoms with E-state index < -0.39 is 11.6 Å². The van der Waals surface area contributed by atoms with Crippen LogP contribution >= 0.6 is 0 Å². The highest BCUT2D eigenvalue weighted by Crippen LogP contribution is 2.30. The Balaban J connectivity index is 1.77. The van der Waals surface area contributed by atoms with Crippen molar-refractivity contribution >= 4 is 5.91 Å². The molecule has 1 atom stereocenters. The summed E-state index contributed by atoms with van der Waals surface area (Å²) >= 11 is 0. The number of likely N-dealkylation sites (tertiary alicyclic amines) is 1. The molecule has 1 aromatic carbocycles. The third-order valence-corrected chi connectivity index (χ3v) is 4.65. The molecule has 5 heteroatoms. The standard InChI is InChI=1S/C16H20F2N2O/c17-13-4-3-12(10-14(13)18)16(21)20-9-1-2-15(20)11-5-7-19-8-6-11/h3-4,10-11,15,19H,1-2,5-9H2. The zero-order valence-electron chi connectivity index (χ0n) is 11.9. The van der Waals surface area contributed by atoms with E-state index in [1.807, 2.05) is 4.90 Å². The molecule has 3 nitrogen and oxygen atoms in total. The first-order chi connectivity index (χ1) is 10.2. The van der Waals surface area contributed by atoms with Gasteiger partial charge in [0.05, 0.1) is 0 Å². The van der Waals surface area contributed by atoms with Crippen LogP contribution in [0.25, 0.3) is 0 Å². The smallest absolute Gasteiger partial charge is 0.254 e. The molecular weight excluding hydrogens is 274 g/mol. The van der Waals surface area contributed by atoms with Crippen molar-refractivity contribution < 1.29 is 13.6 Å². The van der Waals surface area contributed by atoms with Gasteiger partial charge in [-0.05, 0) is 62.9 Å². The van der Waals surface area contributed by atoms with Gasteiger partial charge in [-0.3, -0.25) is 4.79 Å². The number of halogens is 2. The second-order valence-corrected chi connectivity index (χ2v) is 5.92. The van der Waals surface area contributed by atoms with Gasteiger partial charge in [0.1, 0.15) is 0 Å². The Morgan fingerprint density at radius 3 is 2.62 bits per heavy atom. The maximum atomic E-state index is 13.3. The quantitative estimate of drug-likeness (QED) is 0.909. The first-order valence-electron chi connectivity index (χ1n) is 7.63. The monoisotopic (exact) mass is 294 g/mol. The average molecular weight is 294 g/mol. The molecule has 2 heterocycles. The van der Waals surface area contributed by atoms with E-state index in [1.54, 1.807) is 0 Å². The Morgan fingerprint density at radius 1 is 1.14 bits per heavy atom. The summed E-state index contributed by atoms with van der Waals surface area (Å²) in [7, 11) is 0. The Morgan fingerprint density at radius 2 is 1.90 bits per heavy atom. The third-order valence-electron chi connectivity index (χ3n) is 4.65. The molecule has 3 rings (SSSR count). The van der Waals surface area contributed by atoms with E-state index in [-0.39, 0.29) is 17.5 Å². The van der Waals surface area contributed by atoms with Gasteiger partial charge < -0.3 is 10.2 Å². The highest BCUT2D eigenvalue weighted by Gasteiger charge is 2.35. The maximum Gasteiger partial charge on any atom is 0.254 e. The Labute approximate surface area is 123 Å². The average Bonchev–Trinajstić information content (AvgIpc) is 2.99. The zero-order valence-corrected chi connectivity index (χ0v) is 11.9. The van der Waals surface area contributed by atoms with Crippen molar-refractivity contribution in [1.82, 2.24) is 10.2 Å². The molecule has 0 saturated carbocycles. The lowest BCUT2D eigenvalue weighted by Gasteiger charge is -2.34. The summed E-state index contributed by atoms with van der Waals surface area (Å²) in [6.07, 6.45) is 4.16. The number of carbonyl (C=O) groups excluding carboxylic acids is 1. The van der Waals surface area contributed by atoms with Gasteiger partial charge in [0, 0.05) is 18.2 Å². The zero-order chi connectivity index (χ0) is 14.8. The van der Waals surface area contributed by atoms with Crippen molar-refractivity contribution in [1.29, 1.82) is 0 Å². The fourth-order valence-corrected chi connectivity index (χ4v) is 3.56. The van der Waals surface area contributed by atoms with Gasteiger partial charge in [0.2, 0.25) is 0 Å². The minimum absolute atomic E-state index is 0.171. The molecule has 1 unspecified atom stereocenters. The molecule has 0 spiro atoms. The fraction of sp³-hybridized carbons (Fsp3) is 0.562. The molecule has 2 fully saturated rings. The normalized spacial score (nSPS) is 23.5. The van der Waals surface area contributed by atoms with Crippen LogP contribution in [0, 0.1) is 17.6 Å². The van der Waals surface area contributed by atoms with Gasteiger partial charge >= 0.3 is 0 Å². The van der Waals surface area contributed by atoms with Crippen molar-refractivity contribution in [2.45, 2.75) is 31.7 Å². The number of rotatable bonds is 2. The van der Waals surface area contributed by atoms with Crippen LogP contribution in [0.5, 0.6) is 0 Å². The van der Waals surface area contributed by atoms with Crippen LogP contribution < -0.4 is 5.32 Å². The van der Waals surface area contributed by atoms with E-state index in [9.17, 15) is 13.6 Å². The number of amides is 1. The minimum Gasteiger partial charge on any atom is -0.335 e. The maximum absolute atomic E-state index is 13.3. The molecule has 0 aliphatic carbocycles. The number of carbonyl (C=O) groups is 1.